The van der Waals surface area contributed by atoms with Crippen molar-refractivity contribution in [2.45, 2.75) is 64.2 Å². The molecular weight excluding hydrogens is 264 g/mol. The fourth-order valence-electron chi connectivity index (χ4n) is 2.09. The normalized spacial score (nSPS) is 24.0. The fraction of sp³-hybridized carbons (Fsp3) is 1.00. The molecule has 0 aromatic heterocycles. The number of hydrogen-bond donors (Lipinski definition) is 0. The zero-order valence-corrected chi connectivity index (χ0v) is 13.6. The molecule has 0 spiro atoms. The van der Waals surface area contributed by atoms with Crippen LogP contribution in [0.1, 0.15) is 64.2 Å². The summed E-state index contributed by atoms with van der Waals surface area (Å²) in [6.07, 6.45) is 14.7. The molecule has 0 bridgehead atoms. The van der Waals surface area contributed by atoms with Gasteiger partial charge in [0.1, 0.15) is 0 Å². The lowest BCUT2D eigenvalue weighted by atomic mass is 10.1. The highest BCUT2D eigenvalue weighted by Gasteiger charge is 1.96. The van der Waals surface area contributed by atoms with Gasteiger partial charge in [0.25, 0.3) is 0 Å². The molecule has 102 valence electrons. The van der Waals surface area contributed by atoms with Crippen LogP contribution in [-0.2, 0) is 0 Å². The first kappa shape index (κ1) is 16.1. The zero-order chi connectivity index (χ0) is 12.0. The maximum Gasteiger partial charge on any atom is 0.0128 e. The van der Waals surface area contributed by atoms with E-state index in [9.17, 15) is 0 Å². The topological polar surface area (TPSA) is 0 Å². The second-order valence-electron chi connectivity index (χ2n) is 4.79. The van der Waals surface area contributed by atoms with Gasteiger partial charge in [0.05, 0.1) is 0 Å². The largest absolute Gasteiger partial charge is 0.161 e. The zero-order valence-electron chi connectivity index (χ0n) is 11.1. The van der Waals surface area contributed by atoms with Crippen molar-refractivity contribution in [2.24, 2.45) is 0 Å². The third-order valence-electron chi connectivity index (χ3n) is 3.16. The first-order valence-corrected chi connectivity index (χ1v) is 11.0. The lowest BCUT2D eigenvalue weighted by molar-refractivity contribution is 0.564. The van der Waals surface area contributed by atoms with E-state index in [0.717, 1.165) is 0 Å². The van der Waals surface area contributed by atoms with Crippen LogP contribution in [0.25, 0.3) is 0 Å². The number of rotatable bonds is 0. The average molecular weight is 293 g/mol. The van der Waals surface area contributed by atoms with Crippen LogP contribution in [0, 0.1) is 0 Å². The Bertz CT molecular complexity index is 80.9. The van der Waals surface area contributed by atoms with Crippen molar-refractivity contribution < 1.29 is 0 Å². The van der Waals surface area contributed by atoms with Crippen molar-refractivity contribution >= 4 is 33.3 Å². The molecule has 0 saturated carbocycles. The third-order valence-corrected chi connectivity index (χ3v) is 6.98. The Labute approximate surface area is 120 Å². The third kappa shape index (κ3) is 11.9. The highest BCUT2D eigenvalue weighted by Crippen LogP contribution is 2.24. The molecule has 0 amide bonds. The molecule has 0 nitrogen and oxygen atoms in total. The van der Waals surface area contributed by atoms with Crippen LogP contribution in [0.5, 0.6) is 0 Å². The van der Waals surface area contributed by atoms with E-state index in [4.69, 9.17) is 0 Å². The van der Waals surface area contributed by atoms with E-state index in [1.54, 1.807) is 0 Å². The highest BCUT2D eigenvalue weighted by molar-refractivity contribution is 8.76. The van der Waals surface area contributed by atoms with Crippen molar-refractivity contribution in [3.63, 3.8) is 0 Å². The van der Waals surface area contributed by atoms with Gasteiger partial charge in [-0.05, 0) is 18.6 Å². The Morgan fingerprint density at radius 1 is 0.353 bits per heavy atom. The summed E-state index contributed by atoms with van der Waals surface area (Å²) in [5.41, 5.74) is 0. The lowest BCUT2D eigenvalue weighted by Gasteiger charge is -2.02. The SMILES string of the molecule is C1CCCCCCSSCCSCCCCC1. The van der Waals surface area contributed by atoms with Crippen LogP contribution >= 0.6 is 33.3 Å². The lowest BCUT2D eigenvalue weighted by Crippen LogP contribution is -1.87. The van der Waals surface area contributed by atoms with Gasteiger partial charge in [0, 0.05) is 17.3 Å². The predicted molar refractivity (Wildman–Crippen MR) is 88.4 cm³/mol. The van der Waals surface area contributed by atoms with Gasteiger partial charge in [-0.25, -0.2) is 0 Å². The van der Waals surface area contributed by atoms with E-state index in [1.807, 2.05) is 0 Å². The summed E-state index contributed by atoms with van der Waals surface area (Å²) in [6, 6.07) is 0. The molecule has 1 aliphatic rings. The summed E-state index contributed by atoms with van der Waals surface area (Å²) < 4.78 is 0. The van der Waals surface area contributed by atoms with E-state index < -0.39 is 0 Å². The first-order valence-electron chi connectivity index (χ1n) is 7.32. The molecule has 0 radical (unpaired) electrons. The van der Waals surface area contributed by atoms with Crippen LogP contribution in [0.2, 0.25) is 0 Å². The molecule has 0 aliphatic carbocycles. The Morgan fingerprint density at radius 3 is 1.47 bits per heavy atom. The molecule has 1 rings (SSSR count). The maximum atomic E-state index is 2.16. The van der Waals surface area contributed by atoms with E-state index in [1.165, 1.54) is 87.2 Å². The Balaban J connectivity index is 2.01. The highest BCUT2D eigenvalue weighted by atomic mass is 33.1. The molecule has 1 heterocycles. The van der Waals surface area contributed by atoms with Crippen molar-refractivity contribution in [1.82, 2.24) is 0 Å². The van der Waals surface area contributed by atoms with Crippen LogP contribution in [0.15, 0.2) is 0 Å². The summed E-state index contributed by atoms with van der Waals surface area (Å²) in [6.45, 7) is 0. The molecule has 1 aliphatic heterocycles. The summed E-state index contributed by atoms with van der Waals surface area (Å²) in [4.78, 5) is 0. The molecule has 0 aromatic rings. The molecule has 0 aromatic carbocycles. The van der Waals surface area contributed by atoms with Crippen LogP contribution in [-0.4, -0.2) is 23.0 Å². The van der Waals surface area contributed by atoms with Gasteiger partial charge in [-0.15, -0.1) is 0 Å². The van der Waals surface area contributed by atoms with Gasteiger partial charge >= 0.3 is 0 Å². The van der Waals surface area contributed by atoms with E-state index >= 15 is 0 Å². The Hall–Kier alpha value is 1.05. The van der Waals surface area contributed by atoms with Gasteiger partial charge in [-0.1, -0.05) is 73.0 Å². The van der Waals surface area contributed by atoms with Crippen molar-refractivity contribution in [3.8, 4) is 0 Å². The molecule has 1 fully saturated rings. The molecule has 17 heavy (non-hydrogen) atoms. The molecule has 1 saturated heterocycles. The molecule has 0 unspecified atom stereocenters. The Morgan fingerprint density at radius 2 is 0.824 bits per heavy atom. The van der Waals surface area contributed by atoms with Crippen molar-refractivity contribution in [3.05, 3.63) is 0 Å². The average Bonchev–Trinajstić information content (AvgIpc) is 2.35. The van der Waals surface area contributed by atoms with Crippen LogP contribution in [0.4, 0.5) is 0 Å². The minimum Gasteiger partial charge on any atom is -0.161 e. The Kier molecular flexibility index (Phi) is 12.8. The molecule has 0 N–H and O–H groups in total. The first-order chi connectivity index (χ1) is 8.50. The summed E-state index contributed by atoms with van der Waals surface area (Å²) >= 11 is 2.16. The van der Waals surface area contributed by atoms with Gasteiger partial charge in [0.15, 0.2) is 0 Å². The summed E-state index contributed by atoms with van der Waals surface area (Å²) in [7, 11) is 4.19. The predicted octanol–water partition coefficient (Wildman–Crippen LogP) is 6.02. The molecule has 0 atom stereocenters. The monoisotopic (exact) mass is 292 g/mol. The number of hydrogen-bond acceptors (Lipinski definition) is 3. The van der Waals surface area contributed by atoms with Gasteiger partial charge in [0.2, 0.25) is 0 Å². The summed E-state index contributed by atoms with van der Waals surface area (Å²) in [5.74, 6) is 5.47. The minimum atomic E-state index is 1.34. The minimum absolute atomic E-state index is 1.34. The standard InChI is InChI=1S/C14H28S3/c1-2-4-6-8-10-12-16-17-14-13-15-11-9-7-5-3-1/h1-14H2. The van der Waals surface area contributed by atoms with E-state index in [-0.39, 0.29) is 0 Å². The van der Waals surface area contributed by atoms with E-state index in [2.05, 4.69) is 33.3 Å². The van der Waals surface area contributed by atoms with Gasteiger partial charge < -0.3 is 0 Å². The second kappa shape index (κ2) is 13.5. The molecular formula is C14H28S3. The van der Waals surface area contributed by atoms with Crippen molar-refractivity contribution in [2.75, 3.05) is 23.0 Å². The summed E-state index contributed by atoms with van der Waals surface area (Å²) in [5, 5.41) is 0. The smallest absolute Gasteiger partial charge is 0.0128 e. The quantitative estimate of drug-likeness (QED) is 0.501. The van der Waals surface area contributed by atoms with Gasteiger partial charge in [-0.2, -0.15) is 11.8 Å². The van der Waals surface area contributed by atoms with Crippen LogP contribution < -0.4 is 0 Å². The van der Waals surface area contributed by atoms with Crippen molar-refractivity contribution in [1.29, 1.82) is 0 Å². The maximum absolute atomic E-state index is 2.16. The second-order valence-corrected chi connectivity index (χ2v) is 8.72. The fourth-order valence-corrected chi connectivity index (χ4v) is 5.68. The van der Waals surface area contributed by atoms with Gasteiger partial charge in [-0.3, -0.25) is 0 Å². The van der Waals surface area contributed by atoms with Crippen LogP contribution in [0.3, 0.4) is 0 Å². The number of thioether (sulfide) groups is 1. The van der Waals surface area contributed by atoms with E-state index in [0.29, 0.717) is 0 Å². The molecule has 3 heteroatoms.